The number of rotatable bonds is 8. The fourth-order valence-electron chi connectivity index (χ4n) is 9.92. The van der Waals surface area contributed by atoms with Crippen LogP contribution in [0.4, 0.5) is 0 Å². The molecule has 0 fully saturated rings. The lowest BCUT2D eigenvalue weighted by molar-refractivity contribution is 0.411. The molecule has 0 radical (unpaired) electrons. The summed E-state index contributed by atoms with van der Waals surface area (Å²) in [5, 5.41) is 12.9. The van der Waals surface area contributed by atoms with Crippen molar-refractivity contribution in [1.29, 1.82) is 0 Å². The van der Waals surface area contributed by atoms with E-state index in [2.05, 4.69) is 209 Å². The second-order valence-electron chi connectivity index (χ2n) is 25.4. The van der Waals surface area contributed by atoms with E-state index in [1.165, 1.54) is 11.8 Å². The van der Waals surface area contributed by atoms with Crippen LogP contribution < -0.4 is 0 Å². The van der Waals surface area contributed by atoms with E-state index in [1.54, 1.807) is 12.1 Å². The zero-order chi connectivity index (χ0) is 57.6. The van der Waals surface area contributed by atoms with E-state index in [4.69, 9.17) is 16.8 Å². The second-order valence-corrected chi connectivity index (χ2v) is 25.4. The van der Waals surface area contributed by atoms with Gasteiger partial charge in [-0.25, -0.2) is 4.98 Å². The number of fused-ring (bicyclic) bond motifs is 1. The van der Waals surface area contributed by atoms with E-state index in [1.807, 2.05) is 39.0 Å². The third-order valence-corrected chi connectivity index (χ3v) is 14.1. The van der Waals surface area contributed by atoms with Crippen molar-refractivity contribution in [3.63, 3.8) is 0 Å². The van der Waals surface area contributed by atoms with Crippen LogP contribution in [0.3, 0.4) is 0 Å². The summed E-state index contributed by atoms with van der Waals surface area (Å²) >= 11 is 0. The lowest BCUT2D eigenvalue weighted by Crippen LogP contribution is -2.17. The van der Waals surface area contributed by atoms with Crippen LogP contribution in [-0.2, 0) is 28.0 Å². The zero-order valence-electron chi connectivity index (χ0n) is 51.3. The molecule has 4 nitrogen and oxygen atoms in total. The highest BCUT2D eigenvalue weighted by Crippen LogP contribution is 2.48. The van der Waals surface area contributed by atoms with Crippen LogP contribution in [-0.4, -0.2) is 19.6 Å². The summed E-state index contributed by atoms with van der Waals surface area (Å²) in [4.78, 5) is 10.7. The summed E-state index contributed by atoms with van der Waals surface area (Å²) in [5.74, 6) is 0.796. The largest absolute Gasteiger partial charge is 0.507 e. The highest BCUT2D eigenvalue weighted by atomic mass is 16.3. The molecule has 0 saturated heterocycles. The summed E-state index contributed by atoms with van der Waals surface area (Å²) in [6, 6.07) is 52.0. The molecule has 9 rings (SSSR count). The molecule has 9 aromatic rings. The molecule has 1 N–H and O–H groups in total. The fraction of sp³-hybridized carbons (Fsp3) is 0.314. The Morgan fingerprint density at radius 2 is 1.01 bits per heavy atom. The Morgan fingerprint density at radius 3 is 1.55 bits per heavy atom. The third kappa shape index (κ3) is 10.5. The minimum atomic E-state index is -2.47. The molecule has 0 aliphatic carbocycles. The smallest absolute Gasteiger partial charge is 0.149 e. The van der Waals surface area contributed by atoms with Gasteiger partial charge in [0.05, 0.1) is 28.0 Å². The van der Waals surface area contributed by atoms with Gasteiger partial charge in [0.25, 0.3) is 0 Å². The van der Waals surface area contributed by atoms with Crippen molar-refractivity contribution in [2.45, 2.75) is 139 Å². The van der Waals surface area contributed by atoms with Gasteiger partial charge in [0.1, 0.15) is 11.6 Å². The predicted molar refractivity (Wildman–Crippen MR) is 316 cm³/mol. The van der Waals surface area contributed by atoms with E-state index < -0.39 is 24.1 Å². The monoisotopic (exact) mass is 981 g/mol. The molecule has 2 aromatic heterocycles. The molecule has 0 spiro atoms. The van der Waals surface area contributed by atoms with Crippen molar-refractivity contribution in [3.05, 3.63) is 191 Å². The SMILES string of the molecule is [2H]C([2H])([2H])c1cnc(-c2cc(-c3cccc4c3nc(-c3cc(C(C)(C)C)cc(C(C)(C)C)c3O)n4-c3c(-c4ccccc4)cc(C(C)(C)C)cc3-c3ccccc3)cc(C(C)(C)C)c2)cc1-c1ccc(C([2H])([2H])C(C)(C)C)cc1. The minimum absolute atomic E-state index is 0.117. The van der Waals surface area contributed by atoms with Gasteiger partial charge < -0.3 is 5.11 Å². The van der Waals surface area contributed by atoms with Gasteiger partial charge in [0.2, 0.25) is 0 Å². The molecule has 378 valence electrons. The Balaban J connectivity index is 1.39. The Bertz CT molecular complexity index is 3680. The van der Waals surface area contributed by atoms with Crippen molar-refractivity contribution in [2.24, 2.45) is 5.41 Å². The molecule has 2 heterocycles. The quantitative estimate of drug-likeness (QED) is 0.165. The summed E-state index contributed by atoms with van der Waals surface area (Å²) < 4.78 is 46.0. The first-order valence-electron chi connectivity index (χ1n) is 28.6. The van der Waals surface area contributed by atoms with Gasteiger partial charge in [0, 0.05) is 40.9 Å². The molecule has 0 aliphatic rings. The molecule has 4 heteroatoms. The number of aryl methyl sites for hydroxylation is 1. The van der Waals surface area contributed by atoms with E-state index in [9.17, 15) is 5.11 Å². The van der Waals surface area contributed by atoms with Crippen molar-refractivity contribution in [2.75, 3.05) is 0 Å². The molecule has 74 heavy (non-hydrogen) atoms. The maximum absolute atomic E-state index is 12.9. The number of phenols is 1. The molecule has 0 aliphatic heterocycles. The lowest BCUT2D eigenvalue weighted by Gasteiger charge is -2.28. The number of phenolic OH excluding ortho intramolecular Hbond substituents is 1. The number of nitrogens with zero attached hydrogens (tertiary/aromatic N) is 3. The van der Waals surface area contributed by atoms with Gasteiger partial charge in [-0.1, -0.05) is 213 Å². The van der Waals surface area contributed by atoms with Crippen LogP contribution in [0.2, 0.25) is 0 Å². The molecule has 0 amide bonds. The average molecular weight is 981 g/mol. The molecule has 0 saturated carbocycles. The number of hydrogen-bond donors (Lipinski definition) is 1. The minimum Gasteiger partial charge on any atom is -0.507 e. The molecule has 7 aromatic carbocycles. The molecular formula is C70H77N3O. The number of pyridine rings is 1. The van der Waals surface area contributed by atoms with Crippen LogP contribution in [0.5, 0.6) is 5.75 Å². The third-order valence-electron chi connectivity index (χ3n) is 14.1. The van der Waals surface area contributed by atoms with E-state index >= 15 is 0 Å². The molecule has 0 atom stereocenters. The van der Waals surface area contributed by atoms with Crippen LogP contribution in [0.25, 0.3) is 83.9 Å². The number of para-hydroxylation sites is 1. The van der Waals surface area contributed by atoms with Crippen molar-refractivity contribution < 1.29 is 12.0 Å². The number of aromatic hydroxyl groups is 1. The Hall–Kier alpha value is -7.04. The van der Waals surface area contributed by atoms with Crippen LogP contribution >= 0.6 is 0 Å². The second kappa shape index (κ2) is 19.0. The van der Waals surface area contributed by atoms with Gasteiger partial charge >= 0.3 is 0 Å². The van der Waals surface area contributed by atoms with Gasteiger partial charge in [-0.05, 0) is 138 Å². The maximum atomic E-state index is 12.9. The van der Waals surface area contributed by atoms with E-state index in [-0.39, 0.29) is 27.6 Å². The first kappa shape index (κ1) is 45.6. The highest BCUT2D eigenvalue weighted by molar-refractivity contribution is 6.00. The van der Waals surface area contributed by atoms with Crippen molar-refractivity contribution >= 4 is 11.0 Å². The highest BCUT2D eigenvalue weighted by Gasteiger charge is 2.31. The number of aromatic nitrogens is 3. The van der Waals surface area contributed by atoms with Crippen LogP contribution in [0, 0.1) is 12.3 Å². The number of imidazole rings is 1. The van der Waals surface area contributed by atoms with Crippen molar-refractivity contribution in [1.82, 2.24) is 14.5 Å². The summed E-state index contributed by atoms with van der Waals surface area (Å²) in [6.45, 7) is 29.6. The maximum Gasteiger partial charge on any atom is 0.149 e. The van der Waals surface area contributed by atoms with Gasteiger partial charge in [-0.15, -0.1) is 0 Å². The zero-order valence-corrected chi connectivity index (χ0v) is 46.3. The average Bonchev–Trinajstić information content (AvgIpc) is 4.04. The van der Waals surface area contributed by atoms with Gasteiger partial charge in [-0.3, -0.25) is 9.55 Å². The first-order chi connectivity index (χ1) is 36.6. The lowest BCUT2D eigenvalue weighted by atomic mass is 9.78. The summed E-state index contributed by atoms with van der Waals surface area (Å²) in [6.07, 6.45) is -0.149. The Labute approximate surface area is 449 Å². The van der Waals surface area contributed by atoms with E-state index in [0.717, 1.165) is 72.4 Å². The van der Waals surface area contributed by atoms with Gasteiger partial charge in [0.15, 0.2) is 0 Å². The molecule has 0 unspecified atom stereocenters. The Morgan fingerprint density at radius 1 is 0.486 bits per heavy atom. The van der Waals surface area contributed by atoms with E-state index in [0.29, 0.717) is 33.8 Å². The van der Waals surface area contributed by atoms with Crippen LogP contribution in [0.1, 0.15) is 144 Å². The standard InChI is InChI=1S/C70H77N3O/c1-44-43-71-60(41-55(44)48-32-30-45(31-33-48)42-66(2,3)4)50-34-49(35-51(36-50)67(5,6)7)54-28-23-29-61-62(54)72-65(58-39-53(69(11,12)13)40-59(64(58)74)70(14,15)16)73(61)63-56(46-24-19-17-20-25-46)37-52(68(8,9)10)38-57(63)47-26-21-18-22-27-47/h17-41,43,74H,42H2,1-16H3/i1D3,42D2. The Kier molecular flexibility index (Phi) is 11.7. The normalized spacial score (nSPS) is 14.1. The number of benzene rings is 7. The van der Waals surface area contributed by atoms with Crippen LogP contribution in [0.15, 0.2) is 158 Å². The van der Waals surface area contributed by atoms with Crippen molar-refractivity contribution in [3.8, 4) is 78.6 Å². The molecular weight excluding hydrogens is 899 g/mol. The number of hydrogen-bond acceptors (Lipinski definition) is 3. The molecule has 0 bridgehead atoms. The summed E-state index contributed by atoms with van der Waals surface area (Å²) in [5.41, 5.74) is 14.6. The summed E-state index contributed by atoms with van der Waals surface area (Å²) in [7, 11) is 0. The van der Waals surface area contributed by atoms with Gasteiger partial charge in [-0.2, -0.15) is 0 Å². The topological polar surface area (TPSA) is 50.9 Å². The first-order valence-corrected chi connectivity index (χ1v) is 26.1. The predicted octanol–water partition coefficient (Wildman–Crippen LogP) is 19.2. The fourth-order valence-corrected chi connectivity index (χ4v) is 9.92.